The molecule has 0 saturated carbocycles. The number of hydrogen-bond donors (Lipinski definition) is 1. The first-order valence-electron chi connectivity index (χ1n) is 5.68. The molecule has 1 fully saturated rings. The number of benzene rings is 1. The SMILES string of the molecule is FC[C@@H](c1cc(F)ccc1Cl)N1CCNCC1. The standard InChI is InChI=1S/C12H15ClF2N2/c13-11-2-1-9(15)7-10(11)12(8-14)17-5-3-16-4-6-17/h1-2,7,12,16H,3-6,8H2/t12-/m0/s1. The van der Waals surface area contributed by atoms with Crippen LogP contribution in [0.25, 0.3) is 0 Å². The second-order valence-electron chi connectivity index (χ2n) is 4.12. The molecule has 0 bridgehead atoms. The zero-order valence-corrected chi connectivity index (χ0v) is 10.2. The zero-order valence-electron chi connectivity index (χ0n) is 9.43. The summed E-state index contributed by atoms with van der Waals surface area (Å²) < 4.78 is 26.4. The van der Waals surface area contributed by atoms with Gasteiger partial charge in [0.15, 0.2) is 0 Å². The molecule has 0 radical (unpaired) electrons. The predicted octanol–water partition coefficient (Wildman–Crippen LogP) is 2.39. The molecule has 5 heteroatoms. The predicted molar refractivity (Wildman–Crippen MR) is 64.6 cm³/mol. The van der Waals surface area contributed by atoms with Crippen molar-refractivity contribution in [3.63, 3.8) is 0 Å². The van der Waals surface area contributed by atoms with Crippen molar-refractivity contribution in [1.82, 2.24) is 10.2 Å². The van der Waals surface area contributed by atoms with Gasteiger partial charge < -0.3 is 5.32 Å². The lowest BCUT2D eigenvalue weighted by molar-refractivity contribution is 0.147. The lowest BCUT2D eigenvalue weighted by Gasteiger charge is -2.34. The maximum atomic E-state index is 13.2. The average Bonchev–Trinajstić information content (AvgIpc) is 2.36. The first-order valence-corrected chi connectivity index (χ1v) is 6.06. The third kappa shape index (κ3) is 2.94. The van der Waals surface area contributed by atoms with Crippen LogP contribution < -0.4 is 5.32 Å². The monoisotopic (exact) mass is 260 g/mol. The quantitative estimate of drug-likeness (QED) is 0.898. The van der Waals surface area contributed by atoms with E-state index < -0.39 is 12.7 Å². The maximum absolute atomic E-state index is 13.2. The number of nitrogens with one attached hydrogen (secondary N) is 1. The number of rotatable bonds is 3. The molecule has 0 aliphatic carbocycles. The number of hydrogen-bond acceptors (Lipinski definition) is 2. The van der Waals surface area contributed by atoms with Gasteiger partial charge in [0, 0.05) is 31.2 Å². The van der Waals surface area contributed by atoms with E-state index >= 15 is 0 Å². The van der Waals surface area contributed by atoms with Gasteiger partial charge in [-0.15, -0.1) is 0 Å². The van der Waals surface area contributed by atoms with E-state index in [0.29, 0.717) is 10.6 Å². The van der Waals surface area contributed by atoms with Gasteiger partial charge >= 0.3 is 0 Å². The molecule has 1 atom stereocenters. The van der Waals surface area contributed by atoms with E-state index in [1.165, 1.54) is 18.2 Å². The molecule has 1 aliphatic heterocycles. The summed E-state index contributed by atoms with van der Waals surface area (Å²) in [6.07, 6.45) is 0. The van der Waals surface area contributed by atoms with Crippen molar-refractivity contribution < 1.29 is 8.78 Å². The molecule has 17 heavy (non-hydrogen) atoms. The van der Waals surface area contributed by atoms with E-state index in [-0.39, 0.29) is 5.82 Å². The minimum absolute atomic E-state index is 0.377. The molecular weight excluding hydrogens is 246 g/mol. The van der Waals surface area contributed by atoms with Crippen LogP contribution in [0, 0.1) is 5.82 Å². The third-order valence-electron chi connectivity index (χ3n) is 3.06. The second kappa shape index (κ2) is 5.76. The molecule has 0 unspecified atom stereocenters. The molecule has 1 heterocycles. The fraction of sp³-hybridized carbons (Fsp3) is 0.500. The Labute approximate surface area is 105 Å². The molecule has 0 spiro atoms. The molecule has 1 aromatic carbocycles. The third-order valence-corrected chi connectivity index (χ3v) is 3.40. The Hall–Kier alpha value is -0.710. The summed E-state index contributed by atoms with van der Waals surface area (Å²) in [5.74, 6) is -0.377. The molecule has 94 valence electrons. The number of halogens is 3. The summed E-state index contributed by atoms with van der Waals surface area (Å²) in [5, 5.41) is 3.62. The van der Waals surface area contributed by atoms with Crippen molar-refractivity contribution in [2.45, 2.75) is 6.04 Å². The van der Waals surface area contributed by atoms with Crippen molar-refractivity contribution in [1.29, 1.82) is 0 Å². The normalized spacial score (nSPS) is 19.2. The minimum atomic E-state index is -0.552. The van der Waals surface area contributed by atoms with E-state index in [4.69, 9.17) is 11.6 Å². The Balaban J connectivity index is 2.24. The van der Waals surface area contributed by atoms with Crippen LogP contribution in [0.3, 0.4) is 0 Å². The molecule has 0 amide bonds. The first kappa shape index (κ1) is 12.7. The summed E-state index contributed by atoms with van der Waals surface area (Å²) in [6.45, 7) is 2.60. The zero-order chi connectivity index (χ0) is 12.3. The summed E-state index contributed by atoms with van der Waals surface area (Å²) in [4.78, 5) is 2.00. The van der Waals surface area contributed by atoms with Crippen LogP contribution >= 0.6 is 11.6 Å². The number of nitrogens with zero attached hydrogens (tertiary/aromatic N) is 1. The van der Waals surface area contributed by atoms with Crippen LogP contribution in [0.1, 0.15) is 11.6 Å². The van der Waals surface area contributed by atoms with E-state index in [9.17, 15) is 8.78 Å². The highest BCUT2D eigenvalue weighted by atomic mass is 35.5. The lowest BCUT2D eigenvalue weighted by Crippen LogP contribution is -2.45. The Kier molecular flexibility index (Phi) is 4.31. The van der Waals surface area contributed by atoms with Gasteiger partial charge in [0.2, 0.25) is 0 Å². The van der Waals surface area contributed by atoms with Gasteiger partial charge in [-0.1, -0.05) is 11.6 Å². The summed E-state index contributed by atoms with van der Waals surface area (Å²) in [6, 6.07) is 3.66. The molecule has 2 rings (SSSR count). The van der Waals surface area contributed by atoms with Crippen LogP contribution in [-0.4, -0.2) is 37.8 Å². The smallest absolute Gasteiger partial charge is 0.123 e. The molecule has 1 aromatic rings. The van der Waals surface area contributed by atoms with Gasteiger partial charge in [-0.2, -0.15) is 0 Å². The summed E-state index contributed by atoms with van der Waals surface area (Å²) in [5.41, 5.74) is 0.538. The van der Waals surface area contributed by atoms with E-state index in [1.54, 1.807) is 0 Å². The topological polar surface area (TPSA) is 15.3 Å². The highest BCUT2D eigenvalue weighted by molar-refractivity contribution is 6.31. The maximum Gasteiger partial charge on any atom is 0.123 e. The molecule has 1 aliphatic rings. The van der Waals surface area contributed by atoms with Crippen LogP contribution in [0.4, 0.5) is 8.78 Å². The molecule has 0 aromatic heterocycles. The summed E-state index contributed by atoms with van der Waals surface area (Å²) >= 11 is 6.01. The Morgan fingerprint density at radius 1 is 1.35 bits per heavy atom. The van der Waals surface area contributed by atoms with Crippen LogP contribution in [0.2, 0.25) is 5.02 Å². The highest BCUT2D eigenvalue weighted by Crippen LogP contribution is 2.29. The second-order valence-corrected chi connectivity index (χ2v) is 4.53. The summed E-state index contributed by atoms with van der Waals surface area (Å²) in [7, 11) is 0. The first-order chi connectivity index (χ1) is 8.22. The van der Waals surface area contributed by atoms with Gasteiger partial charge in [-0.05, 0) is 23.8 Å². The van der Waals surface area contributed by atoms with Gasteiger partial charge in [0.1, 0.15) is 12.5 Å². The van der Waals surface area contributed by atoms with E-state index in [0.717, 1.165) is 26.2 Å². The molecule has 2 nitrogen and oxygen atoms in total. The Bertz CT molecular complexity index is 381. The number of alkyl halides is 1. The van der Waals surface area contributed by atoms with Gasteiger partial charge in [-0.25, -0.2) is 8.78 Å². The minimum Gasteiger partial charge on any atom is -0.314 e. The highest BCUT2D eigenvalue weighted by Gasteiger charge is 2.24. The van der Waals surface area contributed by atoms with Crippen molar-refractivity contribution in [2.24, 2.45) is 0 Å². The van der Waals surface area contributed by atoms with Gasteiger partial charge in [0.05, 0.1) is 6.04 Å². The van der Waals surface area contributed by atoms with Crippen molar-refractivity contribution in [3.05, 3.63) is 34.6 Å². The van der Waals surface area contributed by atoms with Crippen molar-refractivity contribution in [2.75, 3.05) is 32.9 Å². The Morgan fingerprint density at radius 3 is 2.71 bits per heavy atom. The Morgan fingerprint density at radius 2 is 2.06 bits per heavy atom. The molecule has 1 N–H and O–H groups in total. The van der Waals surface area contributed by atoms with Crippen molar-refractivity contribution >= 4 is 11.6 Å². The van der Waals surface area contributed by atoms with Crippen LogP contribution in [-0.2, 0) is 0 Å². The molecule has 1 saturated heterocycles. The lowest BCUT2D eigenvalue weighted by atomic mass is 10.1. The van der Waals surface area contributed by atoms with Crippen molar-refractivity contribution in [3.8, 4) is 0 Å². The number of piperazine rings is 1. The van der Waals surface area contributed by atoms with Gasteiger partial charge in [-0.3, -0.25) is 4.90 Å². The van der Waals surface area contributed by atoms with Gasteiger partial charge in [0.25, 0.3) is 0 Å². The largest absolute Gasteiger partial charge is 0.314 e. The van der Waals surface area contributed by atoms with E-state index in [1.807, 2.05) is 4.90 Å². The fourth-order valence-electron chi connectivity index (χ4n) is 2.14. The van der Waals surface area contributed by atoms with Crippen LogP contribution in [0.15, 0.2) is 18.2 Å². The van der Waals surface area contributed by atoms with Crippen LogP contribution in [0.5, 0.6) is 0 Å². The van der Waals surface area contributed by atoms with E-state index in [2.05, 4.69) is 5.32 Å². The molecular formula is C12H15ClF2N2. The fourth-order valence-corrected chi connectivity index (χ4v) is 2.38. The average molecular weight is 261 g/mol.